The molecule has 1 N–H and O–H groups in total. The van der Waals surface area contributed by atoms with Crippen LogP contribution in [0.1, 0.15) is 31.7 Å². The second kappa shape index (κ2) is 6.86. The van der Waals surface area contributed by atoms with Gasteiger partial charge in [-0.05, 0) is 25.1 Å². The van der Waals surface area contributed by atoms with E-state index in [1.807, 2.05) is 11.6 Å². The minimum absolute atomic E-state index is 0.840. The molecule has 19 heavy (non-hydrogen) atoms. The van der Waals surface area contributed by atoms with E-state index < -0.39 is 0 Å². The quantitative estimate of drug-likeness (QED) is 0.822. The van der Waals surface area contributed by atoms with E-state index >= 15 is 0 Å². The first-order valence-electron chi connectivity index (χ1n) is 6.43. The first-order valence-corrected chi connectivity index (χ1v) is 8.13. The summed E-state index contributed by atoms with van der Waals surface area (Å²) in [5.74, 6) is 1.83. The Labute approximate surface area is 122 Å². The van der Waals surface area contributed by atoms with E-state index in [0.717, 1.165) is 46.0 Å². The summed E-state index contributed by atoms with van der Waals surface area (Å²) in [6, 6.07) is 0. The number of nitrogens with one attached hydrogen (secondary N) is 1. The van der Waals surface area contributed by atoms with Gasteiger partial charge in [-0.25, -0.2) is 15.0 Å². The third kappa shape index (κ3) is 3.67. The SMILES string of the molecule is CCCNc1nc(CC)nc(Sc2nccs2)c1C. The first-order chi connectivity index (χ1) is 9.24. The molecule has 2 rings (SSSR count). The minimum atomic E-state index is 0.840. The van der Waals surface area contributed by atoms with Crippen LogP contribution >= 0.6 is 23.1 Å². The van der Waals surface area contributed by atoms with Crippen molar-refractivity contribution < 1.29 is 0 Å². The maximum atomic E-state index is 4.61. The number of hydrogen-bond acceptors (Lipinski definition) is 6. The van der Waals surface area contributed by atoms with E-state index in [1.54, 1.807) is 23.1 Å². The molecule has 0 unspecified atom stereocenters. The number of anilines is 1. The Morgan fingerprint density at radius 2 is 2.16 bits per heavy atom. The van der Waals surface area contributed by atoms with Gasteiger partial charge in [-0.1, -0.05) is 13.8 Å². The van der Waals surface area contributed by atoms with E-state index in [9.17, 15) is 0 Å². The van der Waals surface area contributed by atoms with Gasteiger partial charge in [-0.2, -0.15) is 0 Å². The Bertz CT molecular complexity index is 526. The zero-order valence-corrected chi connectivity index (χ0v) is 13.1. The predicted octanol–water partition coefficient (Wildman–Crippen LogP) is 3.78. The van der Waals surface area contributed by atoms with Gasteiger partial charge in [0.05, 0.1) is 0 Å². The molecule has 0 aliphatic carbocycles. The van der Waals surface area contributed by atoms with Crippen molar-refractivity contribution in [2.24, 2.45) is 0 Å². The van der Waals surface area contributed by atoms with Crippen LogP contribution in [0.15, 0.2) is 20.9 Å². The van der Waals surface area contributed by atoms with Crippen molar-refractivity contribution >= 4 is 28.9 Å². The smallest absolute Gasteiger partial charge is 0.156 e. The van der Waals surface area contributed by atoms with E-state index in [0.29, 0.717) is 0 Å². The Morgan fingerprint density at radius 3 is 2.79 bits per heavy atom. The molecular formula is C13H18N4S2. The molecule has 0 atom stereocenters. The van der Waals surface area contributed by atoms with Crippen LogP contribution in [0, 0.1) is 6.92 Å². The molecule has 0 spiro atoms. The van der Waals surface area contributed by atoms with Gasteiger partial charge in [-0.3, -0.25) is 0 Å². The number of aryl methyl sites for hydroxylation is 1. The zero-order chi connectivity index (χ0) is 13.7. The summed E-state index contributed by atoms with van der Waals surface area (Å²) in [6.45, 7) is 7.22. The summed E-state index contributed by atoms with van der Waals surface area (Å²) in [4.78, 5) is 13.5. The van der Waals surface area contributed by atoms with Crippen LogP contribution in [0.3, 0.4) is 0 Å². The average molecular weight is 294 g/mol. The average Bonchev–Trinajstić information content (AvgIpc) is 2.92. The van der Waals surface area contributed by atoms with Crippen molar-refractivity contribution in [3.05, 3.63) is 23.0 Å². The number of aromatic nitrogens is 3. The van der Waals surface area contributed by atoms with Crippen LogP contribution in [-0.2, 0) is 6.42 Å². The van der Waals surface area contributed by atoms with Crippen LogP contribution in [-0.4, -0.2) is 21.5 Å². The summed E-state index contributed by atoms with van der Waals surface area (Å²) in [6.07, 6.45) is 3.74. The third-order valence-corrected chi connectivity index (χ3v) is 4.57. The van der Waals surface area contributed by atoms with Crippen molar-refractivity contribution in [2.45, 2.75) is 43.0 Å². The molecule has 0 radical (unpaired) electrons. The number of hydrogen-bond donors (Lipinski definition) is 1. The van der Waals surface area contributed by atoms with Crippen LogP contribution in [0.2, 0.25) is 0 Å². The molecule has 102 valence electrons. The highest BCUT2D eigenvalue weighted by molar-refractivity contribution is 8.01. The fourth-order valence-corrected chi connectivity index (χ4v) is 3.19. The second-order valence-corrected chi connectivity index (χ2v) is 6.23. The van der Waals surface area contributed by atoms with Crippen molar-refractivity contribution in [1.29, 1.82) is 0 Å². The number of nitrogens with zero attached hydrogens (tertiary/aromatic N) is 3. The molecule has 6 heteroatoms. The van der Waals surface area contributed by atoms with Gasteiger partial charge in [0.1, 0.15) is 16.7 Å². The maximum absolute atomic E-state index is 4.61. The monoisotopic (exact) mass is 294 g/mol. The van der Waals surface area contributed by atoms with Crippen molar-refractivity contribution in [1.82, 2.24) is 15.0 Å². The number of rotatable bonds is 6. The van der Waals surface area contributed by atoms with Gasteiger partial charge < -0.3 is 5.32 Å². The Morgan fingerprint density at radius 1 is 1.32 bits per heavy atom. The highest BCUT2D eigenvalue weighted by Crippen LogP contribution is 2.32. The maximum Gasteiger partial charge on any atom is 0.156 e. The fraction of sp³-hybridized carbons (Fsp3) is 0.462. The highest BCUT2D eigenvalue weighted by Gasteiger charge is 2.12. The standard InChI is InChI=1S/C13H18N4S2/c1-4-6-14-11-9(3)12(17-10(5-2)16-11)19-13-15-7-8-18-13/h7-8H,4-6H2,1-3H3,(H,14,16,17). The van der Waals surface area contributed by atoms with E-state index in [4.69, 9.17) is 0 Å². The molecule has 4 nitrogen and oxygen atoms in total. The topological polar surface area (TPSA) is 50.7 Å². The third-order valence-electron chi connectivity index (χ3n) is 2.60. The van der Waals surface area contributed by atoms with Crippen LogP contribution in [0.25, 0.3) is 0 Å². The van der Waals surface area contributed by atoms with Crippen molar-refractivity contribution in [3.8, 4) is 0 Å². The lowest BCUT2D eigenvalue weighted by Crippen LogP contribution is -2.08. The molecule has 0 amide bonds. The van der Waals surface area contributed by atoms with E-state index in [2.05, 4.69) is 41.0 Å². The largest absolute Gasteiger partial charge is 0.370 e. The molecule has 0 bridgehead atoms. The minimum Gasteiger partial charge on any atom is -0.370 e. The molecule has 0 aliphatic heterocycles. The molecule has 2 heterocycles. The van der Waals surface area contributed by atoms with Crippen LogP contribution in [0.4, 0.5) is 5.82 Å². The summed E-state index contributed by atoms with van der Waals surface area (Å²) in [5.41, 5.74) is 1.10. The molecule has 2 aromatic heterocycles. The Balaban J connectivity index is 2.30. The van der Waals surface area contributed by atoms with E-state index in [-0.39, 0.29) is 0 Å². The van der Waals surface area contributed by atoms with Crippen LogP contribution in [0.5, 0.6) is 0 Å². The molecular weight excluding hydrogens is 276 g/mol. The zero-order valence-electron chi connectivity index (χ0n) is 11.4. The lowest BCUT2D eigenvalue weighted by atomic mass is 10.3. The predicted molar refractivity (Wildman–Crippen MR) is 81.2 cm³/mol. The van der Waals surface area contributed by atoms with Gasteiger partial charge in [0.15, 0.2) is 4.34 Å². The lowest BCUT2D eigenvalue weighted by Gasteiger charge is -2.12. The van der Waals surface area contributed by atoms with Gasteiger partial charge in [-0.15, -0.1) is 11.3 Å². The normalized spacial score (nSPS) is 10.7. The highest BCUT2D eigenvalue weighted by atomic mass is 32.2. The van der Waals surface area contributed by atoms with Gasteiger partial charge >= 0.3 is 0 Å². The molecule has 0 fully saturated rings. The Hall–Kier alpha value is -1.14. The second-order valence-electron chi connectivity index (χ2n) is 4.10. The molecule has 0 aromatic carbocycles. The molecule has 0 aliphatic rings. The van der Waals surface area contributed by atoms with Gasteiger partial charge in [0.2, 0.25) is 0 Å². The van der Waals surface area contributed by atoms with Gasteiger partial charge in [0.25, 0.3) is 0 Å². The Kier molecular flexibility index (Phi) is 5.15. The van der Waals surface area contributed by atoms with Crippen LogP contribution < -0.4 is 5.32 Å². The fourth-order valence-electron chi connectivity index (χ4n) is 1.56. The first kappa shape index (κ1) is 14.3. The molecule has 0 saturated heterocycles. The van der Waals surface area contributed by atoms with Crippen molar-refractivity contribution in [3.63, 3.8) is 0 Å². The summed E-state index contributed by atoms with van der Waals surface area (Å²) >= 11 is 3.25. The summed E-state index contributed by atoms with van der Waals surface area (Å²) < 4.78 is 1.02. The van der Waals surface area contributed by atoms with Gasteiger partial charge in [0, 0.05) is 30.1 Å². The lowest BCUT2D eigenvalue weighted by molar-refractivity contribution is 0.861. The molecule has 2 aromatic rings. The summed E-state index contributed by atoms with van der Waals surface area (Å²) in [7, 11) is 0. The van der Waals surface area contributed by atoms with Crippen molar-refractivity contribution in [2.75, 3.05) is 11.9 Å². The van der Waals surface area contributed by atoms with E-state index in [1.165, 1.54) is 0 Å². The summed E-state index contributed by atoms with van der Waals surface area (Å²) in [5, 5.41) is 6.36. The number of thiazole rings is 1. The molecule has 0 saturated carbocycles.